The summed E-state index contributed by atoms with van der Waals surface area (Å²) in [6, 6.07) is 4.72. The molecule has 3 amide bonds. The monoisotopic (exact) mass is 376 g/mol. The van der Waals surface area contributed by atoms with E-state index >= 15 is 0 Å². The topological polar surface area (TPSA) is 92.8 Å². The minimum atomic E-state index is -0.755. The molecule has 0 aromatic heterocycles. The fourth-order valence-electron chi connectivity index (χ4n) is 3.54. The van der Waals surface area contributed by atoms with Crippen molar-refractivity contribution >= 4 is 23.7 Å². The fourth-order valence-corrected chi connectivity index (χ4v) is 3.54. The first-order chi connectivity index (χ1) is 12.9. The van der Waals surface area contributed by atoms with Gasteiger partial charge in [0.2, 0.25) is 0 Å². The van der Waals surface area contributed by atoms with Crippen molar-refractivity contribution in [3.63, 3.8) is 0 Å². The van der Waals surface area contributed by atoms with Crippen LogP contribution in [0.4, 0.5) is 9.18 Å². The van der Waals surface area contributed by atoms with E-state index in [-0.39, 0.29) is 30.9 Å². The third kappa shape index (κ3) is 4.15. The van der Waals surface area contributed by atoms with E-state index in [2.05, 4.69) is 5.32 Å². The third-order valence-corrected chi connectivity index (χ3v) is 4.98. The molecule has 2 fully saturated rings. The molecule has 1 aromatic carbocycles. The first-order valence-electron chi connectivity index (χ1n) is 9.00. The second-order valence-electron chi connectivity index (χ2n) is 6.87. The molecule has 1 aliphatic heterocycles. The van der Waals surface area contributed by atoms with Crippen LogP contribution in [0.2, 0.25) is 0 Å². The lowest BCUT2D eigenvalue weighted by atomic mass is 9.98. The Kier molecular flexibility index (Phi) is 5.53. The van der Waals surface area contributed by atoms with E-state index in [0.29, 0.717) is 12.8 Å². The number of imide groups is 1. The molecule has 0 bridgehead atoms. The Morgan fingerprint density at radius 3 is 2.67 bits per heavy atom. The highest BCUT2D eigenvalue weighted by atomic mass is 19.1. The Morgan fingerprint density at radius 2 is 1.96 bits per heavy atom. The average molecular weight is 376 g/mol. The van der Waals surface area contributed by atoms with Crippen LogP contribution < -0.4 is 5.32 Å². The zero-order valence-corrected chi connectivity index (χ0v) is 14.8. The lowest BCUT2D eigenvalue weighted by Crippen LogP contribution is -2.44. The maximum atomic E-state index is 13.1. The standard InChI is InChI=1S/C19H21FN2O5/c20-14-6-3-5-13(11-14)15(23)12-27-16(24)7-4-10-22-17(25)19(21-18(22)26)8-1-2-9-19/h3,5-6,11H,1-2,4,7-10,12H2,(H,21,26). The number of nitrogens with one attached hydrogen (secondary N) is 1. The molecular weight excluding hydrogens is 355 g/mol. The van der Waals surface area contributed by atoms with Crippen LogP contribution in [0.15, 0.2) is 24.3 Å². The summed E-state index contributed by atoms with van der Waals surface area (Å²) in [6.07, 6.45) is 3.34. The lowest BCUT2D eigenvalue weighted by molar-refractivity contribution is -0.143. The van der Waals surface area contributed by atoms with Gasteiger partial charge in [-0.1, -0.05) is 25.0 Å². The van der Waals surface area contributed by atoms with E-state index in [4.69, 9.17) is 4.74 Å². The smallest absolute Gasteiger partial charge is 0.325 e. The first-order valence-corrected chi connectivity index (χ1v) is 9.00. The summed E-state index contributed by atoms with van der Waals surface area (Å²) in [5.74, 6) is -1.87. The first kappa shape index (κ1) is 19.0. The number of urea groups is 1. The van der Waals surface area contributed by atoms with Crippen LogP contribution in [0, 0.1) is 5.82 Å². The Hall–Kier alpha value is -2.77. The van der Waals surface area contributed by atoms with Crippen LogP contribution in [-0.4, -0.2) is 47.3 Å². The number of hydrogen-bond donors (Lipinski definition) is 1. The van der Waals surface area contributed by atoms with Crippen molar-refractivity contribution in [3.8, 4) is 0 Å². The number of Topliss-reactive ketones (excluding diaryl/α,β-unsaturated/α-hetero) is 1. The number of halogens is 1. The maximum Gasteiger partial charge on any atom is 0.325 e. The van der Waals surface area contributed by atoms with Gasteiger partial charge in [0.15, 0.2) is 12.4 Å². The summed E-state index contributed by atoms with van der Waals surface area (Å²) in [7, 11) is 0. The molecule has 1 saturated carbocycles. The van der Waals surface area contributed by atoms with Gasteiger partial charge in [-0.05, 0) is 31.4 Å². The lowest BCUT2D eigenvalue weighted by Gasteiger charge is -2.19. The normalized spacial score (nSPS) is 18.0. The van der Waals surface area contributed by atoms with Crippen molar-refractivity contribution in [1.82, 2.24) is 10.2 Å². The molecule has 1 aromatic rings. The molecule has 2 aliphatic rings. The van der Waals surface area contributed by atoms with Gasteiger partial charge in [-0.15, -0.1) is 0 Å². The zero-order valence-electron chi connectivity index (χ0n) is 14.8. The van der Waals surface area contributed by atoms with Gasteiger partial charge in [0.05, 0.1) is 0 Å². The van der Waals surface area contributed by atoms with Crippen molar-refractivity contribution in [3.05, 3.63) is 35.6 Å². The number of benzene rings is 1. The Bertz CT molecular complexity index is 773. The van der Waals surface area contributed by atoms with Gasteiger partial charge in [0, 0.05) is 18.5 Å². The highest BCUT2D eigenvalue weighted by Gasteiger charge is 2.52. The molecular formula is C19H21FN2O5. The number of esters is 1. The molecule has 0 radical (unpaired) electrons. The van der Waals surface area contributed by atoms with Crippen LogP contribution in [0.3, 0.4) is 0 Å². The second-order valence-corrected chi connectivity index (χ2v) is 6.87. The van der Waals surface area contributed by atoms with Gasteiger partial charge in [0.1, 0.15) is 11.4 Å². The molecule has 7 nitrogen and oxygen atoms in total. The highest BCUT2D eigenvalue weighted by molar-refractivity contribution is 6.07. The quantitative estimate of drug-likeness (QED) is 0.447. The van der Waals surface area contributed by atoms with Crippen molar-refractivity contribution in [2.24, 2.45) is 0 Å². The van der Waals surface area contributed by atoms with E-state index in [9.17, 15) is 23.6 Å². The molecule has 8 heteroatoms. The molecule has 1 spiro atoms. The van der Waals surface area contributed by atoms with Gasteiger partial charge in [-0.2, -0.15) is 0 Å². The molecule has 144 valence electrons. The minimum absolute atomic E-state index is 0.0273. The third-order valence-electron chi connectivity index (χ3n) is 4.98. The zero-order chi connectivity index (χ0) is 19.4. The molecule has 1 aliphatic carbocycles. The van der Waals surface area contributed by atoms with Crippen molar-refractivity contribution in [1.29, 1.82) is 0 Å². The molecule has 27 heavy (non-hydrogen) atoms. The van der Waals surface area contributed by atoms with Crippen LogP contribution >= 0.6 is 0 Å². The number of nitrogens with zero attached hydrogens (tertiary/aromatic N) is 1. The molecule has 1 heterocycles. The highest BCUT2D eigenvalue weighted by Crippen LogP contribution is 2.35. The van der Waals surface area contributed by atoms with Crippen molar-refractivity contribution in [2.45, 2.75) is 44.1 Å². The number of amides is 3. The number of rotatable bonds is 7. The van der Waals surface area contributed by atoms with Crippen molar-refractivity contribution in [2.75, 3.05) is 13.2 Å². The van der Waals surface area contributed by atoms with Gasteiger partial charge in [0.25, 0.3) is 5.91 Å². The SMILES string of the molecule is O=C(CCCN1C(=O)NC2(CCCC2)C1=O)OCC(=O)c1cccc(F)c1. The van der Waals surface area contributed by atoms with E-state index in [1.807, 2.05) is 0 Å². The summed E-state index contributed by atoms with van der Waals surface area (Å²) in [5, 5.41) is 2.78. The summed E-state index contributed by atoms with van der Waals surface area (Å²) < 4.78 is 18.0. The predicted octanol–water partition coefficient (Wildman–Crippen LogP) is 2.20. The fraction of sp³-hybridized carbons (Fsp3) is 0.474. The predicted molar refractivity (Wildman–Crippen MR) is 92.4 cm³/mol. The Labute approximate surface area is 155 Å². The molecule has 3 rings (SSSR count). The number of ether oxygens (including phenoxy) is 1. The van der Waals surface area contributed by atoms with Crippen LogP contribution in [0.25, 0.3) is 0 Å². The average Bonchev–Trinajstić information content (AvgIpc) is 3.20. The number of carbonyl (C=O) groups excluding carboxylic acids is 4. The van der Waals surface area contributed by atoms with Crippen LogP contribution in [0.5, 0.6) is 0 Å². The molecule has 1 N–H and O–H groups in total. The number of ketones is 1. The van der Waals surface area contributed by atoms with Crippen LogP contribution in [0.1, 0.15) is 48.9 Å². The van der Waals surface area contributed by atoms with E-state index < -0.39 is 35.7 Å². The van der Waals surface area contributed by atoms with E-state index in [1.165, 1.54) is 18.2 Å². The molecule has 0 unspecified atom stereocenters. The van der Waals surface area contributed by atoms with E-state index in [1.54, 1.807) is 0 Å². The van der Waals surface area contributed by atoms with Gasteiger partial charge in [-0.3, -0.25) is 19.3 Å². The largest absolute Gasteiger partial charge is 0.457 e. The second kappa shape index (κ2) is 7.85. The maximum absolute atomic E-state index is 13.1. The van der Waals surface area contributed by atoms with Gasteiger partial charge >= 0.3 is 12.0 Å². The summed E-state index contributed by atoms with van der Waals surface area (Å²) in [5.41, 5.74) is -0.626. The molecule has 0 atom stereocenters. The van der Waals surface area contributed by atoms with Crippen molar-refractivity contribution < 1.29 is 28.3 Å². The Balaban J connectivity index is 1.41. The Morgan fingerprint density at radius 1 is 1.22 bits per heavy atom. The van der Waals surface area contributed by atoms with Gasteiger partial charge in [-0.25, -0.2) is 9.18 Å². The summed E-state index contributed by atoms with van der Waals surface area (Å²) in [6.45, 7) is -0.353. The van der Waals surface area contributed by atoms with E-state index in [0.717, 1.165) is 23.8 Å². The minimum Gasteiger partial charge on any atom is -0.457 e. The van der Waals surface area contributed by atoms with Crippen LogP contribution in [-0.2, 0) is 14.3 Å². The summed E-state index contributed by atoms with van der Waals surface area (Å²) >= 11 is 0. The number of hydrogen-bond acceptors (Lipinski definition) is 5. The molecule has 1 saturated heterocycles. The van der Waals surface area contributed by atoms with Gasteiger partial charge < -0.3 is 10.1 Å². The number of carbonyl (C=O) groups is 4. The summed E-state index contributed by atoms with van der Waals surface area (Å²) in [4.78, 5) is 49.3.